The molecule has 2 saturated heterocycles. The van der Waals surface area contributed by atoms with E-state index in [-0.39, 0.29) is 36.5 Å². The zero-order valence-corrected chi connectivity index (χ0v) is 21.2. The number of nitrogens with one attached hydrogen (secondary N) is 1. The molecule has 3 heterocycles. The first-order valence-corrected chi connectivity index (χ1v) is 13.2. The van der Waals surface area contributed by atoms with Crippen LogP contribution in [0, 0.1) is 5.92 Å². The molecule has 3 amide bonds. The number of amides is 3. The largest absolute Gasteiger partial charge is 0.375 e. The third kappa shape index (κ3) is 5.14. The van der Waals surface area contributed by atoms with Crippen LogP contribution in [-0.2, 0) is 30.3 Å². The smallest absolute Gasteiger partial charge is 0.255 e. The number of fused-ring (bicyclic) bond motifs is 1. The Bertz CT molecular complexity index is 980. The van der Waals surface area contributed by atoms with E-state index in [4.69, 9.17) is 14.2 Å². The number of piperidine rings is 2. The Morgan fingerprint density at radius 2 is 1.61 bits per heavy atom. The Hall–Kier alpha value is -2.49. The molecule has 9 heteroatoms. The van der Waals surface area contributed by atoms with Gasteiger partial charge in [-0.3, -0.25) is 19.7 Å². The summed E-state index contributed by atoms with van der Waals surface area (Å²) in [6, 6.07) is 5.40. The number of benzene rings is 1. The van der Waals surface area contributed by atoms with Gasteiger partial charge in [0.05, 0.1) is 12.2 Å². The van der Waals surface area contributed by atoms with Crippen LogP contribution >= 0.6 is 0 Å². The molecule has 36 heavy (non-hydrogen) atoms. The van der Waals surface area contributed by atoms with Crippen molar-refractivity contribution in [2.24, 2.45) is 5.92 Å². The number of carbonyl (C=O) groups excluding carboxylic acids is 3. The number of methoxy groups -OCH3 is 2. The van der Waals surface area contributed by atoms with E-state index in [1.54, 1.807) is 19.1 Å². The third-order valence-corrected chi connectivity index (χ3v) is 8.27. The molecule has 196 valence electrons. The van der Waals surface area contributed by atoms with Gasteiger partial charge in [0.15, 0.2) is 6.29 Å². The second kappa shape index (κ2) is 10.9. The van der Waals surface area contributed by atoms with Gasteiger partial charge in [0, 0.05) is 57.4 Å². The molecular formula is C27H37N3O6. The van der Waals surface area contributed by atoms with Gasteiger partial charge in [-0.1, -0.05) is 0 Å². The first-order valence-electron chi connectivity index (χ1n) is 13.2. The molecule has 1 aromatic rings. The summed E-state index contributed by atoms with van der Waals surface area (Å²) in [4.78, 5) is 40.7. The minimum Gasteiger partial charge on any atom is -0.375 e. The normalized spacial score (nSPS) is 27.5. The summed E-state index contributed by atoms with van der Waals surface area (Å²) in [7, 11) is 3.41. The second-order valence-electron chi connectivity index (χ2n) is 10.4. The van der Waals surface area contributed by atoms with Gasteiger partial charge >= 0.3 is 0 Å². The van der Waals surface area contributed by atoms with Crippen LogP contribution < -0.4 is 10.2 Å². The van der Waals surface area contributed by atoms with E-state index >= 15 is 0 Å². The monoisotopic (exact) mass is 499 g/mol. The molecule has 3 aliphatic heterocycles. The van der Waals surface area contributed by atoms with Gasteiger partial charge in [0.25, 0.3) is 5.91 Å². The summed E-state index contributed by atoms with van der Waals surface area (Å²) in [6.07, 6.45) is 7.33. The van der Waals surface area contributed by atoms with Gasteiger partial charge in [-0.2, -0.15) is 0 Å². The molecule has 1 N–H and O–H groups in total. The lowest BCUT2D eigenvalue weighted by atomic mass is 9.86. The van der Waals surface area contributed by atoms with Crippen LogP contribution in [0.25, 0.3) is 0 Å². The highest BCUT2D eigenvalue weighted by Crippen LogP contribution is 2.34. The van der Waals surface area contributed by atoms with E-state index in [0.717, 1.165) is 62.9 Å². The van der Waals surface area contributed by atoms with E-state index in [9.17, 15) is 14.4 Å². The summed E-state index contributed by atoms with van der Waals surface area (Å²) < 4.78 is 17.4. The summed E-state index contributed by atoms with van der Waals surface area (Å²) >= 11 is 0. The standard InChI is InChI=1S/C27H37N3O6/c1-34-27(35-2)17-3-6-20(7-4-17)36-21-11-13-29(14-12-21)19-5-8-22-18(15-19)16-30(26(22)33)23-9-10-24(31)28-25(23)32/h5,8,15,17,20-21,23,27H,3-4,6-7,9-14,16H2,1-2H3,(H,28,31,32). The fourth-order valence-electron chi connectivity index (χ4n) is 6.26. The minimum atomic E-state index is -0.580. The minimum absolute atomic E-state index is 0.118. The number of ether oxygens (including phenoxy) is 3. The molecule has 9 nitrogen and oxygen atoms in total. The van der Waals surface area contributed by atoms with Crippen LogP contribution in [0.4, 0.5) is 5.69 Å². The first kappa shape index (κ1) is 25.2. The Kier molecular flexibility index (Phi) is 7.60. The molecule has 1 unspecified atom stereocenters. The van der Waals surface area contributed by atoms with Crippen LogP contribution in [0.5, 0.6) is 0 Å². The molecule has 5 rings (SSSR count). The van der Waals surface area contributed by atoms with E-state index in [2.05, 4.69) is 16.3 Å². The van der Waals surface area contributed by atoms with Gasteiger partial charge in [0.2, 0.25) is 11.8 Å². The molecular weight excluding hydrogens is 462 g/mol. The van der Waals surface area contributed by atoms with E-state index in [1.807, 2.05) is 12.1 Å². The average Bonchev–Trinajstić information content (AvgIpc) is 3.21. The zero-order chi connectivity index (χ0) is 25.2. The maximum Gasteiger partial charge on any atom is 0.255 e. The SMILES string of the molecule is COC(OC)C1CCC(OC2CCN(c3ccc4c(c3)CN(C3CCC(=O)NC3=O)C4=O)CC2)CC1. The van der Waals surface area contributed by atoms with Crippen LogP contribution in [0.1, 0.15) is 67.3 Å². The van der Waals surface area contributed by atoms with Gasteiger partial charge in [-0.25, -0.2) is 0 Å². The maximum absolute atomic E-state index is 13.0. The number of hydrogen-bond donors (Lipinski definition) is 1. The van der Waals surface area contributed by atoms with Gasteiger partial charge in [-0.15, -0.1) is 0 Å². The van der Waals surface area contributed by atoms with Crippen LogP contribution in [0.2, 0.25) is 0 Å². The molecule has 1 aromatic carbocycles. The van der Waals surface area contributed by atoms with Crippen molar-refractivity contribution >= 4 is 23.4 Å². The second-order valence-corrected chi connectivity index (χ2v) is 10.4. The summed E-state index contributed by atoms with van der Waals surface area (Å²) in [5.41, 5.74) is 2.71. The lowest BCUT2D eigenvalue weighted by molar-refractivity contribution is -0.153. The molecule has 0 radical (unpaired) electrons. The third-order valence-electron chi connectivity index (χ3n) is 8.27. The average molecular weight is 500 g/mol. The van der Waals surface area contributed by atoms with Crippen molar-refractivity contribution in [1.29, 1.82) is 0 Å². The van der Waals surface area contributed by atoms with Crippen molar-refractivity contribution in [3.63, 3.8) is 0 Å². The number of hydrogen-bond acceptors (Lipinski definition) is 7. The summed E-state index contributed by atoms with van der Waals surface area (Å²) in [5.74, 6) is -0.330. The predicted molar refractivity (Wildman–Crippen MR) is 132 cm³/mol. The van der Waals surface area contributed by atoms with E-state index in [0.29, 0.717) is 30.6 Å². The predicted octanol–water partition coefficient (Wildman–Crippen LogP) is 2.61. The van der Waals surface area contributed by atoms with Gasteiger partial charge in [-0.05, 0) is 68.7 Å². The lowest BCUT2D eigenvalue weighted by Gasteiger charge is -2.38. The molecule has 4 aliphatic rings. The van der Waals surface area contributed by atoms with Crippen molar-refractivity contribution < 1.29 is 28.6 Å². The Labute approximate surface area is 212 Å². The number of nitrogens with zero attached hydrogens (tertiary/aromatic N) is 2. The molecule has 1 aliphatic carbocycles. The highest BCUT2D eigenvalue weighted by molar-refractivity contribution is 6.05. The molecule has 1 saturated carbocycles. The number of rotatable bonds is 7. The number of anilines is 1. The van der Waals surface area contributed by atoms with Crippen molar-refractivity contribution in [3.8, 4) is 0 Å². The molecule has 0 aromatic heterocycles. The van der Waals surface area contributed by atoms with Crippen LogP contribution in [0.15, 0.2) is 18.2 Å². The number of imide groups is 1. The van der Waals surface area contributed by atoms with Gasteiger partial charge in [0.1, 0.15) is 6.04 Å². The van der Waals surface area contributed by atoms with Gasteiger partial charge < -0.3 is 24.0 Å². The van der Waals surface area contributed by atoms with Crippen molar-refractivity contribution in [3.05, 3.63) is 29.3 Å². The quantitative estimate of drug-likeness (QED) is 0.455. The zero-order valence-electron chi connectivity index (χ0n) is 21.2. The first-order chi connectivity index (χ1) is 17.5. The van der Waals surface area contributed by atoms with E-state index in [1.165, 1.54) is 0 Å². The Morgan fingerprint density at radius 1 is 0.917 bits per heavy atom. The molecule has 1 atom stereocenters. The number of carbonyl (C=O) groups is 3. The lowest BCUT2D eigenvalue weighted by Crippen LogP contribution is -2.52. The van der Waals surface area contributed by atoms with Crippen LogP contribution in [-0.4, -0.2) is 74.5 Å². The topological polar surface area (TPSA) is 97.4 Å². The Morgan fingerprint density at radius 3 is 2.28 bits per heavy atom. The maximum atomic E-state index is 13.0. The fraction of sp³-hybridized carbons (Fsp3) is 0.667. The highest BCUT2D eigenvalue weighted by atomic mass is 16.7. The highest BCUT2D eigenvalue weighted by Gasteiger charge is 2.39. The van der Waals surface area contributed by atoms with Crippen molar-refractivity contribution in [2.45, 2.75) is 82.5 Å². The Balaban J connectivity index is 1.12. The molecule has 0 bridgehead atoms. The fourth-order valence-corrected chi connectivity index (χ4v) is 6.26. The molecule has 0 spiro atoms. The van der Waals surface area contributed by atoms with Crippen LogP contribution in [0.3, 0.4) is 0 Å². The van der Waals surface area contributed by atoms with Crippen molar-refractivity contribution in [2.75, 3.05) is 32.2 Å². The van der Waals surface area contributed by atoms with Crippen molar-refractivity contribution in [1.82, 2.24) is 10.2 Å². The van der Waals surface area contributed by atoms with E-state index < -0.39 is 6.04 Å². The summed E-state index contributed by atoms with van der Waals surface area (Å²) in [5, 5.41) is 2.36. The summed E-state index contributed by atoms with van der Waals surface area (Å²) in [6.45, 7) is 2.24. The molecule has 3 fully saturated rings.